The van der Waals surface area contributed by atoms with Crippen LogP contribution in [0.3, 0.4) is 0 Å². The Labute approximate surface area is 118 Å². The Morgan fingerprint density at radius 1 is 1.17 bits per heavy atom. The molecule has 0 aliphatic heterocycles. The first-order chi connectivity index (χ1) is 8.77. The van der Waals surface area contributed by atoms with Gasteiger partial charge in [-0.3, -0.25) is 0 Å². The van der Waals surface area contributed by atoms with Gasteiger partial charge in [0.25, 0.3) is 0 Å². The van der Waals surface area contributed by atoms with Crippen molar-refractivity contribution < 1.29 is 0 Å². The summed E-state index contributed by atoms with van der Waals surface area (Å²) in [4.78, 5) is 0. The molecule has 1 heteroatoms. The van der Waals surface area contributed by atoms with Gasteiger partial charge in [0.1, 0.15) is 0 Å². The van der Waals surface area contributed by atoms with Gasteiger partial charge in [0.05, 0.1) is 0 Å². The van der Waals surface area contributed by atoms with Crippen molar-refractivity contribution in [2.75, 3.05) is 0 Å². The molecule has 0 heterocycles. The molecule has 0 N–H and O–H groups in total. The molecule has 0 saturated heterocycles. The summed E-state index contributed by atoms with van der Waals surface area (Å²) >= 11 is 2.23. The molecule has 0 spiro atoms. The number of allylic oxidation sites excluding steroid dienone is 8. The standard InChI is InChI=1S/C17H15.Li/c1-13-11-15-9-5-6-10-16(17(15)12-13)14-7-3-2-4-8-14;/h2-9,12,16H,10H2,1H3;. The van der Waals surface area contributed by atoms with E-state index in [2.05, 4.69) is 79.3 Å². The van der Waals surface area contributed by atoms with Crippen molar-refractivity contribution in [1.82, 2.24) is 0 Å². The maximum absolute atomic E-state index is 2.37. The van der Waals surface area contributed by atoms with E-state index in [1.165, 1.54) is 26.5 Å². The Kier molecular flexibility index (Phi) is 3.16. The Bertz CT molecular complexity index is 585. The minimum absolute atomic E-state index is 0.503. The van der Waals surface area contributed by atoms with E-state index in [4.69, 9.17) is 0 Å². The van der Waals surface area contributed by atoms with Gasteiger partial charge in [-0.2, -0.15) is 0 Å². The topological polar surface area (TPSA) is 0 Å². The van der Waals surface area contributed by atoms with Gasteiger partial charge in [-0.1, -0.05) is 0 Å². The van der Waals surface area contributed by atoms with Crippen molar-refractivity contribution in [3.05, 3.63) is 81.2 Å². The molecule has 84 valence electrons. The molecule has 1 aromatic carbocycles. The van der Waals surface area contributed by atoms with E-state index in [0.29, 0.717) is 5.92 Å². The molecule has 2 aliphatic rings. The number of rotatable bonds is 1. The van der Waals surface area contributed by atoms with Crippen molar-refractivity contribution >= 4 is 17.7 Å². The van der Waals surface area contributed by atoms with Crippen molar-refractivity contribution in [1.29, 1.82) is 0 Å². The summed E-state index contributed by atoms with van der Waals surface area (Å²) in [6.07, 6.45) is 10.2. The van der Waals surface area contributed by atoms with Crippen LogP contribution in [0.25, 0.3) is 0 Å². The van der Waals surface area contributed by atoms with E-state index in [9.17, 15) is 0 Å². The summed E-state index contributed by atoms with van der Waals surface area (Å²) in [6, 6.07) is 10.8. The van der Waals surface area contributed by atoms with E-state index in [1.807, 2.05) is 0 Å². The molecule has 0 nitrogen and oxygen atoms in total. The SMILES string of the molecule is [Li][C]1=C(C)C=C2C1=CC=CCC2c1ccccc1. The van der Waals surface area contributed by atoms with Crippen LogP contribution in [0, 0.1) is 0 Å². The van der Waals surface area contributed by atoms with Crippen LogP contribution in [0.2, 0.25) is 0 Å². The van der Waals surface area contributed by atoms with Crippen molar-refractivity contribution in [2.24, 2.45) is 0 Å². The Morgan fingerprint density at radius 2 is 1.94 bits per heavy atom. The summed E-state index contributed by atoms with van der Waals surface area (Å²) in [5.41, 5.74) is 5.74. The van der Waals surface area contributed by atoms with Crippen LogP contribution in [0.5, 0.6) is 0 Å². The van der Waals surface area contributed by atoms with Gasteiger partial charge in [-0.15, -0.1) is 0 Å². The Balaban J connectivity index is 2.07. The summed E-state index contributed by atoms with van der Waals surface area (Å²) in [6.45, 7) is 2.21. The van der Waals surface area contributed by atoms with Gasteiger partial charge in [0, 0.05) is 0 Å². The third-order valence-electron chi connectivity index (χ3n) is 4.03. The van der Waals surface area contributed by atoms with E-state index in [0.717, 1.165) is 6.42 Å². The first-order valence-electron chi connectivity index (χ1n) is 6.59. The molecular formula is C17H15Li. The van der Waals surface area contributed by atoms with Crippen LogP contribution in [0.4, 0.5) is 0 Å². The molecule has 0 bridgehead atoms. The van der Waals surface area contributed by atoms with Gasteiger partial charge in [0.2, 0.25) is 0 Å². The zero-order valence-corrected chi connectivity index (χ0v) is 11.0. The Morgan fingerprint density at radius 3 is 2.72 bits per heavy atom. The average Bonchev–Trinajstić information content (AvgIpc) is 2.58. The number of hydrogen-bond donors (Lipinski definition) is 0. The first kappa shape index (κ1) is 11.8. The average molecular weight is 226 g/mol. The normalized spacial score (nSPS) is 22.5. The molecule has 0 amide bonds. The van der Waals surface area contributed by atoms with Crippen LogP contribution in [-0.4, -0.2) is 17.7 Å². The monoisotopic (exact) mass is 226 g/mol. The summed E-state index contributed by atoms with van der Waals surface area (Å²) in [7, 11) is 0. The van der Waals surface area contributed by atoms with Gasteiger partial charge >= 0.3 is 118 Å². The minimum atomic E-state index is 0.503. The van der Waals surface area contributed by atoms with Gasteiger partial charge in [0.15, 0.2) is 0 Å². The molecule has 1 aromatic rings. The molecule has 2 aliphatic carbocycles. The van der Waals surface area contributed by atoms with Gasteiger partial charge in [-0.25, -0.2) is 0 Å². The van der Waals surface area contributed by atoms with Crippen molar-refractivity contribution in [2.45, 2.75) is 19.3 Å². The zero-order chi connectivity index (χ0) is 12.5. The fourth-order valence-electron chi connectivity index (χ4n) is 2.86. The summed E-state index contributed by atoms with van der Waals surface area (Å²) < 4.78 is 1.43. The molecule has 0 radical (unpaired) electrons. The van der Waals surface area contributed by atoms with Crippen LogP contribution in [0.15, 0.2) is 75.6 Å². The van der Waals surface area contributed by atoms with Crippen molar-refractivity contribution in [3.63, 3.8) is 0 Å². The second-order valence-corrected chi connectivity index (χ2v) is 5.12. The molecule has 18 heavy (non-hydrogen) atoms. The molecular weight excluding hydrogens is 211 g/mol. The molecule has 0 aromatic heterocycles. The maximum atomic E-state index is 2.37. The number of benzene rings is 1. The van der Waals surface area contributed by atoms with Gasteiger partial charge < -0.3 is 0 Å². The summed E-state index contributed by atoms with van der Waals surface area (Å²) in [5, 5.41) is 0. The first-order valence-corrected chi connectivity index (χ1v) is 6.59. The zero-order valence-electron chi connectivity index (χ0n) is 11.0. The fourth-order valence-corrected chi connectivity index (χ4v) is 2.86. The second kappa shape index (κ2) is 4.81. The third kappa shape index (κ3) is 1.97. The third-order valence-corrected chi connectivity index (χ3v) is 4.03. The van der Waals surface area contributed by atoms with Crippen molar-refractivity contribution in [3.8, 4) is 0 Å². The van der Waals surface area contributed by atoms with Crippen LogP contribution in [0.1, 0.15) is 24.8 Å². The van der Waals surface area contributed by atoms with E-state index >= 15 is 0 Å². The van der Waals surface area contributed by atoms with Crippen LogP contribution in [-0.2, 0) is 0 Å². The number of hydrogen-bond acceptors (Lipinski definition) is 0. The van der Waals surface area contributed by atoms with E-state index in [1.54, 1.807) is 0 Å². The van der Waals surface area contributed by atoms with Crippen LogP contribution < -0.4 is 0 Å². The molecule has 1 atom stereocenters. The predicted octanol–water partition coefficient (Wildman–Crippen LogP) is 4.04. The molecule has 3 rings (SSSR count). The summed E-state index contributed by atoms with van der Waals surface area (Å²) in [5.74, 6) is 0.503. The molecule has 0 saturated carbocycles. The van der Waals surface area contributed by atoms with Gasteiger partial charge in [-0.05, 0) is 0 Å². The Hall–Kier alpha value is -1.22. The predicted molar refractivity (Wildman–Crippen MR) is 77.6 cm³/mol. The molecule has 0 fully saturated rings. The van der Waals surface area contributed by atoms with E-state index in [-0.39, 0.29) is 0 Å². The van der Waals surface area contributed by atoms with E-state index < -0.39 is 0 Å². The fraction of sp³-hybridized carbons (Fsp3) is 0.176. The second-order valence-electron chi connectivity index (χ2n) is 5.12. The van der Waals surface area contributed by atoms with Crippen LogP contribution >= 0.6 is 0 Å². The number of fused-ring (bicyclic) bond motifs is 1. The quantitative estimate of drug-likeness (QED) is 0.634. The molecule has 1 unspecified atom stereocenters.